The zero-order valence-electron chi connectivity index (χ0n) is 25.4. The van der Waals surface area contributed by atoms with E-state index in [1.165, 1.54) is 63.2 Å². The molecule has 8 nitrogen and oxygen atoms in total. The number of rotatable bonds is 8. The van der Waals surface area contributed by atoms with Crippen LogP contribution in [0.5, 0.6) is 0 Å². The number of likely N-dealkylation sites (tertiary alicyclic amines) is 2. The third-order valence-corrected chi connectivity index (χ3v) is 11.4. The fraction of sp³-hybridized carbons (Fsp3) is 0.781. The lowest BCUT2D eigenvalue weighted by atomic mass is 9.74. The van der Waals surface area contributed by atoms with Gasteiger partial charge < -0.3 is 19.9 Å². The molecular weight excluding hydrogens is 536 g/mol. The van der Waals surface area contributed by atoms with Gasteiger partial charge in [0, 0.05) is 70.5 Å². The highest BCUT2D eigenvalue weighted by Crippen LogP contribution is 2.44. The predicted octanol–water partition coefficient (Wildman–Crippen LogP) is 6.37. The maximum Gasteiger partial charge on any atom is 0.410 e. The van der Waals surface area contributed by atoms with Crippen molar-refractivity contribution >= 4 is 34.2 Å². The molecule has 0 radical (unpaired) electrons. The van der Waals surface area contributed by atoms with Gasteiger partial charge in [-0.25, -0.2) is 4.79 Å². The number of hydrogen-bond donors (Lipinski definition) is 1. The first kappa shape index (κ1) is 30.3. The monoisotopic (exact) mass is 586 g/mol. The van der Waals surface area contributed by atoms with E-state index in [0.29, 0.717) is 35.5 Å². The molecule has 5 rings (SSSR count). The lowest BCUT2D eigenvalue weighted by Gasteiger charge is -2.55. The van der Waals surface area contributed by atoms with E-state index >= 15 is 0 Å². The molecule has 0 aromatic carbocycles. The summed E-state index contributed by atoms with van der Waals surface area (Å²) in [6, 6.07) is 1.81. The Hall–Kier alpha value is -2.13. The van der Waals surface area contributed by atoms with Crippen molar-refractivity contribution in [1.29, 1.82) is 0 Å². The predicted molar refractivity (Wildman–Crippen MR) is 163 cm³/mol. The maximum absolute atomic E-state index is 13.3. The van der Waals surface area contributed by atoms with Crippen LogP contribution in [0.15, 0.2) is 11.4 Å². The van der Waals surface area contributed by atoms with Crippen molar-refractivity contribution in [2.75, 3.05) is 44.6 Å². The summed E-state index contributed by atoms with van der Waals surface area (Å²) in [6.07, 6.45) is 13.4. The third kappa shape index (κ3) is 6.76. The zero-order chi connectivity index (χ0) is 29.0. The van der Waals surface area contributed by atoms with Crippen LogP contribution in [-0.2, 0) is 9.53 Å². The van der Waals surface area contributed by atoms with Crippen LogP contribution in [0.1, 0.15) is 108 Å². The molecule has 3 aliphatic heterocycles. The molecule has 1 saturated carbocycles. The van der Waals surface area contributed by atoms with Gasteiger partial charge in [-0.05, 0) is 56.4 Å². The molecule has 4 heterocycles. The van der Waals surface area contributed by atoms with Gasteiger partial charge in [0.2, 0.25) is 5.91 Å². The normalized spacial score (nSPS) is 25.2. The van der Waals surface area contributed by atoms with Crippen LogP contribution in [0.4, 0.5) is 9.80 Å². The number of carbonyl (C=O) groups excluding carboxylic acids is 3. The minimum absolute atomic E-state index is 0.000289. The number of ether oxygens (including phenoxy) is 1. The Kier molecular flexibility index (Phi) is 9.64. The van der Waals surface area contributed by atoms with E-state index in [1.807, 2.05) is 21.2 Å². The summed E-state index contributed by atoms with van der Waals surface area (Å²) in [5.74, 6) is 0.878. The van der Waals surface area contributed by atoms with Crippen LogP contribution in [0.2, 0.25) is 0 Å². The van der Waals surface area contributed by atoms with E-state index in [1.54, 1.807) is 0 Å². The summed E-state index contributed by atoms with van der Waals surface area (Å²) in [7, 11) is 0. The van der Waals surface area contributed by atoms with E-state index in [-0.39, 0.29) is 29.0 Å². The largest absolute Gasteiger partial charge is 0.442 e. The molecular formula is C32H50N4O4S. The SMILES string of the molecule is CCCCC1CN(CC2CCCCC2)C(=O)OC12CCN(C1(C)CCN(C(=O)c3ccsc3NC(C)=O)CC1)CC2. The summed E-state index contributed by atoms with van der Waals surface area (Å²) in [5.41, 5.74) is 0.277. The van der Waals surface area contributed by atoms with Gasteiger partial charge in [-0.1, -0.05) is 39.0 Å². The molecule has 9 heteroatoms. The van der Waals surface area contributed by atoms with Gasteiger partial charge in [0.15, 0.2) is 0 Å². The lowest BCUT2D eigenvalue weighted by molar-refractivity contribution is -0.134. The van der Waals surface area contributed by atoms with Crippen molar-refractivity contribution in [1.82, 2.24) is 14.7 Å². The highest BCUT2D eigenvalue weighted by Gasteiger charge is 2.51. The van der Waals surface area contributed by atoms with Crippen LogP contribution < -0.4 is 5.32 Å². The first-order valence-corrected chi connectivity index (χ1v) is 17.0. The molecule has 0 bridgehead atoms. The summed E-state index contributed by atoms with van der Waals surface area (Å²) < 4.78 is 6.45. The van der Waals surface area contributed by atoms with Crippen LogP contribution in [0.3, 0.4) is 0 Å². The van der Waals surface area contributed by atoms with Crippen molar-refractivity contribution < 1.29 is 19.1 Å². The smallest absolute Gasteiger partial charge is 0.410 e. The van der Waals surface area contributed by atoms with Crippen LogP contribution >= 0.6 is 11.3 Å². The average Bonchev–Trinajstić information content (AvgIpc) is 3.42. The second-order valence-electron chi connectivity index (χ2n) is 13.3. The lowest BCUT2D eigenvalue weighted by Crippen LogP contribution is -2.63. The Morgan fingerprint density at radius 3 is 2.44 bits per heavy atom. The van der Waals surface area contributed by atoms with Gasteiger partial charge in [0.25, 0.3) is 5.91 Å². The summed E-state index contributed by atoms with van der Waals surface area (Å²) in [6.45, 7) is 11.1. The van der Waals surface area contributed by atoms with E-state index in [9.17, 15) is 14.4 Å². The van der Waals surface area contributed by atoms with Gasteiger partial charge >= 0.3 is 6.09 Å². The van der Waals surface area contributed by atoms with Gasteiger partial charge in [0.1, 0.15) is 10.6 Å². The molecule has 1 aliphatic carbocycles. The minimum Gasteiger partial charge on any atom is -0.442 e. The average molecular weight is 587 g/mol. The standard InChI is InChI=1S/C32H50N4O4S/c1-4-5-11-26-23-35(22-25-9-7-6-8-10-25)30(39)40-32(26)15-19-36(20-16-32)31(3)13-17-34(18-14-31)29(38)27-12-21-41-28(27)33-24(2)37/h12,21,25-26H,4-11,13-20,22-23H2,1-3H3,(H,33,37). The number of piperidine rings is 2. The first-order chi connectivity index (χ1) is 19.7. The second kappa shape index (κ2) is 13.0. The number of nitrogens with one attached hydrogen (secondary N) is 1. The molecule has 3 saturated heterocycles. The van der Waals surface area contributed by atoms with Crippen LogP contribution in [-0.4, -0.2) is 83.0 Å². The van der Waals surface area contributed by atoms with Crippen molar-refractivity contribution in [3.8, 4) is 0 Å². The number of carbonyl (C=O) groups is 3. The van der Waals surface area contributed by atoms with Crippen molar-refractivity contribution in [3.05, 3.63) is 17.0 Å². The minimum atomic E-state index is -0.335. The Morgan fingerprint density at radius 2 is 1.78 bits per heavy atom. The molecule has 4 aliphatic rings. The molecule has 41 heavy (non-hydrogen) atoms. The summed E-state index contributed by atoms with van der Waals surface area (Å²) in [4.78, 5) is 44.7. The Labute approximate surface area is 250 Å². The Balaban J connectivity index is 1.18. The van der Waals surface area contributed by atoms with Gasteiger partial charge in [-0.2, -0.15) is 0 Å². The number of nitrogens with zero attached hydrogens (tertiary/aromatic N) is 3. The van der Waals surface area contributed by atoms with Crippen LogP contribution in [0, 0.1) is 11.8 Å². The summed E-state index contributed by atoms with van der Waals surface area (Å²) in [5, 5.41) is 5.29. The molecule has 228 valence electrons. The second-order valence-corrected chi connectivity index (χ2v) is 14.2. The molecule has 1 atom stereocenters. The fourth-order valence-electron chi connectivity index (χ4n) is 7.81. The van der Waals surface area contributed by atoms with Crippen molar-refractivity contribution in [3.63, 3.8) is 0 Å². The third-order valence-electron chi connectivity index (χ3n) is 10.5. The zero-order valence-corrected chi connectivity index (χ0v) is 26.2. The number of thiophene rings is 1. The van der Waals surface area contributed by atoms with Gasteiger partial charge in [-0.3, -0.25) is 14.5 Å². The molecule has 1 N–H and O–H groups in total. The highest BCUT2D eigenvalue weighted by molar-refractivity contribution is 7.14. The number of hydrogen-bond acceptors (Lipinski definition) is 6. The van der Waals surface area contributed by atoms with E-state index in [2.05, 4.69) is 24.1 Å². The molecule has 1 aromatic heterocycles. The fourth-order valence-corrected chi connectivity index (χ4v) is 8.64. The van der Waals surface area contributed by atoms with E-state index < -0.39 is 0 Å². The van der Waals surface area contributed by atoms with E-state index in [4.69, 9.17) is 4.74 Å². The summed E-state index contributed by atoms with van der Waals surface area (Å²) >= 11 is 1.39. The van der Waals surface area contributed by atoms with Crippen molar-refractivity contribution in [2.24, 2.45) is 11.8 Å². The molecule has 3 amide bonds. The molecule has 1 spiro atoms. The molecule has 1 unspecified atom stereocenters. The Morgan fingerprint density at radius 1 is 1.07 bits per heavy atom. The van der Waals surface area contributed by atoms with Crippen molar-refractivity contribution in [2.45, 2.75) is 109 Å². The number of amides is 3. The number of unbranched alkanes of at least 4 members (excludes halogenated alkanes) is 1. The Bertz CT molecular complexity index is 1070. The van der Waals surface area contributed by atoms with E-state index in [0.717, 1.165) is 58.3 Å². The quantitative estimate of drug-likeness (QED) is 0.383. The van der Waals surface area contributed by atoms with Gasteiger partial charge in [-0.15, -0.1) is 11.3 Å². The topological polar surface area (TPSA) is 82.2 Å². The van der Waals surface area contributed by atoms with Crippen LogP contribution in [0.25, 0.3) is 0 Å². The first-order valence-electron chi connectivity index (χ1n) is 16.1. The molecule has 4 fully saturated rings. The molecule has 1 aromatic rings. The van der Waals surface area contributed by atoms with Gasteiger partial charge in [0.05, 0.1) is 5.56 Å². The maximum atomic E-state index is 13.3. The number of anilines is 1. The highest BCUT2D eigenvalue weighted by atomic mass is 32.1.